The van der Waals surface area contributed by atoms with E-state index in [1.54, 1.807) is 12.4 Å². The number of rotatable bonds is 4. The molecule has 2 heterocycles. The molecule has 132 valence electrons. The number of nitrogens with zero attached hydrogens (tertiary/aromatic N) is 3. The van der Waals surface area contributed by atoms with E-state index < -0.39 is 0 Å². The van der Waals surface area contributed by atoms with Crippen molar-refractivity contribution in [2.75, 3.05) is 42.9 Å². The van der Waals surface area contributed by atoms with E-state index in [2.05, 4.69) is 58.5 Å². The summed E-state index contributed by atoms with van der Waals surface area (Å²) in [5.41, 5.74) is 1.16. The van der Waals surface area contributed by atoms with Crippen LogP contribution in [0.5, 0.6) is 0 Å². The van der Waals surface area contributed by atoms with E-state index in [4.69, 9.17) is 0 Å². The zero-order valence-corrected chi connectivity index (χ0v) is 15.0. The molecular formula is C17H28N6O. The summed E-state index contributed by atoms with van der Waals surface area (Å²) >= 11 is 0. The Bertz CT molecular complexity index is 578. The maximum absolute atomic E-state index is 12.1. The number of amides is 2. The van der Waals surface area contributed by atoms with Crippen molar-refractivity contribution < 1.29 is 4.79 Å². The van der Waals surface area contributed by atoms with Crippen molar-refractivity contribution in [1.29, 1.82) is 0 Å². The van der Waals surface area contributed by atoms with Gasteiger partial charge in [-0.05, 0) is 16.7 Å². The molecule has 1 aromatic heterocycles. The zero-order valence-electron chi connectivity index (χ0n) is 15.0. The Kier molecular flexibility index (Phi) is 4.38. The molecule has 0 unspecified atom stereocenters. The van der Waals surface area contributed by atoms with Gasteiger partial charge in [0, 0.05) is 32.7 Å². The number of carbonyl (C=O) groups is 1. The molecule has 0 spiro atoms. The first-order valence-electron chi connectivity index (χ1n) is 8.65. The maximum atomic E-state index is 12.1. The van der Waals surface area contributed by atoms with Gasteiger partial charge in [-0.1, -0.05) is 27.7 Å². The Morgan fingerprint density at radius 3 is 2.33 bits per heavy atom. The van der Waals surface area contributed by atoms with E-state index in [0.29, 0.717) is 24.1 Å². The molecule has 0 atom stereocenters. The molecule has 7 heteroatoms. The van der Waals surface area contributed by atoms with Gasteiger partial charge in [0.25, 0.3) is 0 Å². The number of hydrogen-bond donors (Lipinski definition) is 3. The van der Waals surface area contributed by atoms with Crippen LogP contribution in [0.1, 0.15) is 27.7 Å². The third kappa shape index (κ3) is 3.17. The Labute approximate surface area is 143 Å². The van der Waals surface area contributed by atoms with Crippen LogP contribution in [0.15, 0.2) is 12.4 Å². The van der Waals surface area contributed by atoms with Crippen LogP contribution in [0, 0.1) is 16.7 Å². The molecule has 0 radical (unpaired) electrons. The number of nitrogens with one attached hydrogen (secondary N) is 3. The lowest BCUT2D eigenvalue weighted by Crippen LogP contribution is -2.44. The molecule has 1 saturated carbocycles. The second-order valence-corrected chi connectivity index (χ2v) is 7.84. The summed E-state index contributed by atoms with van der Waals surface area (Å²) in [6, 6.07) is -0.202. The van der Waals surface area contributed by atoms with Gasteiger partial charge < -0.3 is 20.9 Å². The zero-order chi connectivity index (χ0) is 17.4. The first-order chi connectivity index (χ1) is 11.3. The van der Waals surface area contributed by atoms with Crippen molar-refractivity contribution >= 4 is 17.7 Å². The third-order valence-corrected chi connectivity index (χ3v) is 6.08. The van der Waals surface area contributed by atoms with Crippen molar-refractivity contribution in [2.45, 2.75) is 27.7 Å². The summed E-state index contributed by atoms with van der Waals surface area (Å²) in [5, 5.41) is 9.06. The van der Waals surface area contributed by atoms with Crippen LogP contribution in [0.25, 0.3) is 0 Å². The van der Waals surface area contributed by atoms with Crippen molar-refractivity contribution in [1.82, 2.24) is 20.6 Å². The Morgan fingerprint density at radius 2 is 1.79 bits per heavy atom. The summed E-state index contributed by atoms with van der Waals surface area (Å²) in [5.74, 6) is 1.21. The number of anilines is 2. The molecule has 3 N–H and O–H groups in total. The normalized spacial score (nSPS) is 22.1. The average molecular weight is 332 g/mol. The molecule has 1 aliphatic carbocycles. The lowest BCUT2D eigenvalue weighted by atomic mass is 10.0. The van der Waals surface area contributed by atoms with Gasteiger partial charge in [0.1, 0.15) is 0 Å². The third-order valence-electron chi connectivity index (χ3n) is 6.08. The highest BCUT2D eigenvalue weighted by Gasteiger charge is 2.64. The van der Waals surface area contributed by atoms with Crippen LogP contribution in [0.3, 0.4) is 0 Å². The number of urea groups is 1. The van der Waals surface area contributed by atoms with Gasteiger partial charge in [0.2, 0.25) is 5.95 Å². The van der Waals surface area contributed by atoms with Crippen LogP contribution in [-0.4, -0.2) is 48.7 Å². The fourth-order valence-electron chi connectivity index (χ4n) is 3.63. The highest BCUT2D eigenvalue weighted by Crippen LogP contribution is 2.67. The molecule has 2 amide bonds. The molecule has 7 nitrogen and oxygen atoms in total. The van der Waals surface area contributed by atoms with Crippen LogP contribution in [0.2, 0.25) is 0 Å². The van der Waals surface area contributed by atoms with Crippen LogP contribution >= 0.6 is 0 Å². The van der Waals surface area contributed by atoms with Crippen molar-refractivity contribution in [3.05, 3.63) is 12.4 Å². The summed E-state index contributed by atoms with van der Waals surface area (Å²) in [6.45, 7) is 13.4. The first kappa shape index (κ1) is 17.0. The summed E-state index contributed by atoms with van der Waals surface area (Å²) in [4.78, 5) is 22.9. The standard InChI is InChI=1S/C17H28N6O/c1-16(2)13(17(16,3)4)11-21-15(24)22-12-9-19-14(20-10-12)23-7-5-18-6-8-23/h9-10,13,18H,5-8,11H2,1-4H3,(H2,21,22,24). The molecule has 2 aliphatic rings. The van der Waals surface area contributed by atoms with Gasteiger partial charge in [-0.15, -0.1) is 0 Å². The number of piperazine rings is 1. The second-order valence-electron chi connectivity index (χ2n) is 7.84. The second kappa shape index (κ2) is 6.20. The first-order valence-corrected chi connectivity index (χ1v) is 8.65. The minimum absolute atomic E-state index is 0.202. The van der Waals surface area contributed by atoms with Crippen LogP contribution < -0.4 is 20.9 Å². The van der Waals surface area contributed by atoms with E-state index in [9.17, 15) is 4.79 Å². The predicted octanol–water partition coefficient (Wildman–Crippen LogP) is 1.69. The van der Waals surface area contributed by atoms with Gasteiger partial charge >= 0.3 is 6.03 Å². The van der Waals surface area contributed by atoms with E-state index in [-0.39, 0.29) is 16.9 Å². The van der Waals surface area contributed by atoms with Crippen LogP contribution in [-0.2, 0) is 0 Å². The van der Waals surface area contributed by atoms with E-state index in [1.807, 2.05) is 0 Å². The summed E-state index contributed by atoms with van der Waals surface area (Å²) < 4.78 is 0. The van der Waals surface area contributed by atoms with Gasteiger partial charge in [0.15, 0.2) is 0 Å². The molecule has 3 rings (SSSR count). The molecule has 1 aromatic rings. The molecule has 0 bridgehead atoms. The molecule has 2 fully saturated rings. The van der Waals surface area contributed by atoms with Gasteiger partial charge in [0.05, 0.1) is 18.1 Å². The molecular weight excluding hydrogens is 304 g/mol. The van der Waals surface area contributed by atoms with Crippen molar-refractivity contribution in [2.24, 2.45) is 16.7 Å². The van der Waals surface area contributed by atoms with Crippen molar-refractivity contribution in [3.8, 4) is 0 Å². The molecule has 24 heavy (non-hydrogen) atoms. The van der Waals surface area contributed by atoms with E-state index in [1.165, 1.54) is 0 Å². The monoisotopic (exact) mass is 332 g/mol. The Balaban J connectivity index is 1.48. The number of carbonyl (C=O) groups excluding carboxylic acids is 1. The SMILES string of the molecule is CC1(C)C(CNC(=O)Nc2cnc(N3CCNCC3)nc2)C1(C)C. The summed E-state index contributed by atoms with van der Waals surface area (Å²) in [7, 11) is 0. The van der Waals surface area contributed by atoms with Gasteiger partial charge in [-0.2, -0.15) is 0 Å². The number of hydrogen-bond acceptors (Lipinski definition) is 5. The quantitative estimate of drug-likeness (QED) is 0.782. The fourth-order valence-corrected chi connectivity index (χ4v) is 3.63. The molecule has 1 aliphatic heterocycles. The van der Waals surface area contributed by atoms with Crippen LogP contribution in [0.4, 0.5) is 16.4 Å². The lowest BCUT2D eigenvalue weighted by molar-refractivity contribution is 0.251. The lowest BCUT2D eigenvalue weighted by Gasteiger charge is -2.27. The topological polar surface area (TPSA) is 82.2 Å². The van der Waals surface area contributed by atoms with Crippen molar-refractivity contribution in [3.63, 3.8) is 0 Å². The predicted molar refractivity (Wildman–Crippen MR) is 95.2 cm³/mol. The van der Waals surface area contributed by atoms with E-state index in [0.717, 1.165) is 26.2 Å². The fraction of sp³-hybridized carbons (Fsp3) is 0.706. The molecule has 1 saturated heterocycles. The largest absolute Gasteiger partial charge is 0.338 e. The average Bonchev–Trinajstić information content (AvgIpc) is 2.95. The highest BCUT2D eigenvalue weighted by molar-refractivity contribution is 5.88. The van der Waals surface area contributed by atoms with Gasteiger partial charge in [-0.3, -0.25) is 0 Å². The highest BCUT2D eigenvalue weighted by atomic mass is 16.2. The smallest absolute Gasteiger partial charge is 0.319 e. The maximum Gasteiger partial charge on any atom is 0.319 e. The Hall–Kier alpha value is -1.89. The Morgan fingerprint density at radius 1 is 1.21 bits per heavy atom. The van der Waals surface area contributed by atoms with E-state index >= 15 is 0 Å². The van der Waals surface area contributed by atoms with Gasteiger partial charge in [-0.25, -0.2) is 14.8 Å². The minimum atomic E-state index is -0.202. The minimum Gasteiger partial charge on any atom is -0.338 e. The summed E-state index contributed by atoms with van der Waals surface area (Å²) in [6.07, 6.45) is 3.32. The molecule has 0 aromatic carbocycles. The number of aromatic nitrogens is 2.